The number of nitrogens with one attached hydrogen (secondary N) is 2. The van der Waals surface area contributed by atoms with Crippen LogP contribution in [0.2, 0.25) is 0 Å². The van der Waals surface area contributed by atoms with Crippen LogP contribution in [0.25, 0.3) is 10.9 Å². The summed E-state index contributed by atoms with van der Waals surface area (Å²) in [5.74, 6) is -1.36. The Morgan fingerprint density at radius 3 is 2.82 bits per heavy atom. The van der Waals surface area contributed by atoms with E-state index in [1.54, 1.807) is 12.3 Å². The van der Waals surface area contributed by atoms with Crippen molar-refractivity contribution in [2.24, 2.45) is 0 Å². The third-order valence-corrected chi connectivity index (χ3v) is 3.02. The monoisotopic (exact) mass is 232 g/mol. The molecule has 2 amide bonds. The molecule has 1 aliphatic rings. The quantitative estimate of drug-likeness (QED) is 0.731. The summed E-state index contributed by atoms with van der Waals surface area (Å²) in [4.78, 5) is 25.6. The molecule has 86 valence electrons. The van der Waals surface area contributed by atoms with Crippen LogP contribution in [-0.4, -0.2) is 16.8 Å². The van der Waals surface area contributed by atoms with Crippen molar-refractivity contribution in [2.45, 2.75) is 12.3 Å². The molecule has 1 aromatic carbocycles. The lowest BCUT2D eigenvalue weighted by Crippen LogP contribution is -2.21. The van der Waals surface area contributed by atoms with E-state index in [0.29, 0.717) is 5.52 Å². The van der Waals surface area contributed by atoms with E-state index in [4.69, 9.17) is 0 Å². The smallest absolute Gasteiger partial charge is 0.234 e. The van der Waals surface area contributed by atoms with E-state index < -0.39 is 5.92 Å². The van der Waals surface area contributed by atoms with Crippen LogP contribution in [0.4, 0.5) is 4.39 Å². The molecule has 0 bridgehead atoms. The zero-order chi connectivity index (χ0) is 12.0. The van der Waals surface area contributed by atoms with Crippen LogP contribution >= 0.6 is 0 Å². The van der Waals surface area contributed by atoms with Gasteiger partial charge in [0.1, 0.15) is 5.82 Å². The Morgan fingerprint density at radius 1 is 1.29 bits per heavy atom. The van der Waals surface area contributed by atoms with Crippen molar-refractivity contribution in [2.75, 3.05) is 0 Å². The van der Waals surface area contributed by atoms with Gasteiger partial charge >= 0.3 is 0 Å². The lowest BCUT2D eigenvalue weighted by molar-refractivity contribution is -0.125. The van der Waals surface area contributed by atoms with Crippen LogP contribution in [0, 0.1) is 5.82 Å². The van der Waals surface area contributed by atoms with Crippen molar-refractivity contribution in [3.05, 3.63) is 35.8 Å². The maximum absolute atomic E-state index is 13.0. The predicted molar refractivity (Wildman–Crippen MR) is 58.8 cm³/mol. The molecule has 2 heterocycles. The topological polar surface area (TPSA) is 62.0 Å². The third-order valence-electron chi connectivity index (χ3n) is 3.02. The molecule has 0 aliphatic carbocycles. The van der Waals surface area contributed by atoms with E-state index in [1.807, 2.05) is 0 Å². The number of aromatic amines is 1. The number of carbonyl (C=O) groups excluding carboxylic acids is 2. The first-order valence-electron chi connectivity index (χ1n) is 5.25. The Labute approximate surface area is 95.8 Å². The molecular weight excluding hydrogens is 223 g/mol. The van der Waals surface area contributed by atoms with Gasteiger partial charge in [0.05, 0.1) is 5.92 Å². The van der Waals surface area contributed by atoms with Crippen LogP contribution in [0.3, 0.4) is 0 Å². The van der Waals surface area contributed by atoms with Gasteiger partial charge < -0.3 is 4.98 Å². The first kappa shape index (κ1) is 10.0. The minimum absolute atomic E-state index is 0.156. The fraction of sp³-hybridized carbons (Fsp3) is 0.167. The molecule has 2 N–H and O–H groups in total. The number of aromatic nitrogens is 1. The number of hydrogen-bond acceptors (Lipinski definition) is 2. The maximum Gasteiger partial charge on any atom is 0.234 e. The van der Waals surface area contributed by atoms with Crippen LogP contribution in [-0.2, 0) is 9.59 Å². The van der Waals surface area contributed by atoms with Crippen molar-refractivity contribution in [3.8, 4) is 0 Å². The fourth-order valence-corrected chi connectivity index (χ4v) is 2.21. The summed E-state index contributed by atoms with van der Waals surface area (Å²) in [6, 6.07) is 4.33. The number of benzene rings is 1. The Bertz CT molecular complexity index is 632. The summed E-state index contributed by atoms with van der Waals surface area (Å²) in [5, 5.41) is 3.04. The van der Waals surface area contributed by atoms with E-state index in [0.717, 1.165) is 10.9 Å². The minimum atomic E-state index is -0.471. The standard InChI is InChI=1S/C12H9FN2O2/c13-6-1-2-7-9(5-14-10(7)3-6)8-4-11(16)15-12(8)17/h1-3,5,8,14H,4H2,(H,15,16,17)/t8-/m0/s1. The van der Waals surface area contributed by atoms with Gasteiger partial charge in [0.2, 0.25) is 11.8 Å². The summed E-state index contributed by atoms with van der Waals surface area (Å²) < 4.78 is 13.0. The second-order valence-corrected chi connectivity index (χ2v) is 4.10. The Kier molecular flexibility index (Phi) is 2.01. The largest absolute Gasteiger partial charge is 0.361 e. The van der Waals surface area contributed by atoms with E-state index >= 15 is 0 Å². The first-order valence-corrected chi connectivity index (χ1v) is 5.25. The van der Waals surface area contributed by atoms with Gasteiger partial charge in [0.15, 0.2) is 0 Å². The molecule has 2 aromatic rings. The van der Waals surface area contributed by atoms with Crippen molar-refractivity contribution in [3.63, 3.8) is 0 Å². The Hall–Kier alpha value is -2.17. The molecule has 1 aromatic heterocycles. The normalized spacial score (nSPS) is 19.9. The average molecular weight is 232 g/mol. The SMILES string of the molecule is O=C1C[C@@H](c2c[nH]c3cc(F)ccc23)C(=O)N1. The second-order valence-electron chi connectivity index (χ2n) is 4.10. The predicted octanol–water partition coefficient (Wildman–Crippen LogP) is 1.44. The molecule has 1 aliphatic heterocycles. The van der Waals surface area contributed by atoms with Crippen LogP contribution in [0.15, 0.2) is 24.4 Å². The molecule has 5 heteroatoms. The van der Waals surface area contributed by atoms with Crippen LogP contribution in [0.5, 0.6) is 0 Å². The van der Waals surface area contributed by atoms with Gasteiger partial charge in [-0.1, -0.05) is 0 Å². The summed E-state index contributed by atoms with van der Waals surface area (Å²) in [7, 11) is 0. The summed E-state index contributed by atoms with van der Waals surface area (Å²) >= 11 is 0. The van der Waals surface area contributed by atoms with Crippen molar-refractivity contribution < 1.29 is 14.0 Å². The molecule has 1 atom stereocenters. The van der Waals surface area contributed by atoms with Crippen molar-refractivity contribution >= 4 is 22.7 Å². The summed E-state index contributed by atoms with van der Waals surface area (Å²) in [5.41, 5.74) is 1.37. The average Bonchev–Trinajstić information content (AvgIpc) is 2.81. The highest BCUT2D eigenvalue weighted by Crippen LogP contribution is 2.30. The van der Waals surface area contributed by atoms with Gasteiger partial charge in [-0.15, -0.1) is 0 Å². The Morgan fingerprint density at radius 2 is 2.12 bits per heavy atom. The van der Waals surface area contributed by atoms with E-state index in [-0.39, 0.29) is 24.1 Å². The highest BCUT2D eigenvalue weighted by Gasteiger charge is 2.33. The van der Waals surface area contributed by atoms with Gasteiger partial charge in [-0.25, -0.2) is 4.39 Å². The van der Waals surface area contributed by atoms with Gasteiger partial charge in [-0.05, 0) is 23.8 Å². The molecule has 0 saturated carbocycles. The third kappa shape index (κ3) is 1.51. The van der Waals surface area contributed by atoms with Gasteiger partial charge in [-0.2, -0.15) is 0 Å². The van der Waals surface area contributed by atoms with E-state index in [9.17, 15) is 14.0 Å². The number of rotatable bonds is 1. The van der Waals surface area contributed by atoms with Gasteiger partial charge in [0.25, 0.3) is 0 Å². The Balaban J connectivity index is 2.12. The number of imide groups is 1. The number of amides is 2. The lowest BCUT2D eigenvalue weighted by Gasteiger charge is -2.03. The second kappa shape index (κ2) is 3.41. The van der Waals surface area contributed by atoms with E-state index in [2.05, 4.69) is 10.3 Å². The first-order chi connectivity index (χ1) is 8.15. The molecule has 0 unspecified atom stereocenters. The highest BCUT2D eigenvalue weighted by molar-refractivity contribution is 6.07. The molecule has 3 rings (SSSR count). The highest BCUT2D eigenvalue weighted by atomic mass is 19.1. The molecule has 1 fully saturated rings. The minimum Gasteiger partial charge on any atom is -0.361 e. The van der Waals surface area contributed by atoms with Gasteiger partial charge in [-0.3, -0.25) is 14.9 Å². The lowest BCUT2D eigenvalue weighted by atomic mass is 9.97. The number of carbonyl (C=O) groups is 2. The van der Waals surface area contributed by atoms with Crippen LogP contribution < -0.4 is 5.32 Å². The fourth-order valence-electron chi connectivity index (χ4n) is 2.21. The molecule has 0 radical (unpaired) electrons. The van der Waals surface area contributed by atoms with Crippen molar-refractivity contribution in [1.29, 1.82) is 0 Å². The molecular formula is C12H9FN2O2. The van der Waals surface area contributed by atoms with Crippen molar-refractivity contribution in [1.82, 2.24) is 10.3 Å². The zero-order valence-corrected chi connectivity index (χ0v) is 8.79. The summed E-state index contributed by atoms with van der Waals surface area (Å²) in [6.07, 6.45) is 1.82. The van der Waals surface area contributed by atoms with E-state index in [1.165, 1.54) is 12.1 Å². The molecule has 0 spiro atoms. The van der Waals surface area contributed by atoms with Gasteiger partial charge in [0, 0.05) is 23.5 Å². The number of H-pyrrole nitrogens is 1. The molecule has 1 saturated heterocycles. The number of hydrogen-bond donors (Lipinski definition) is 2. The molecule has 17 heavy (non-hydrogen) atoms. The maximum atomic E-state index is 13.0. The summed E-state index contributed by atoms with van der Waals surface area (Å²) in [6.45, 7) is 0. The number of halogens is 1. The molecule has 4 nitrogen and oxygen atoms in total. The number of fused-ring (bicyclic) bond motifs is 1. The van der Waals surface area contributed by atoms with Crippen LogP contribution in [0.1, 0.15) is 17.9 Å². The zero-order valence-electron chi connectivity index (χ0n) is 8.79.